The third-order valence-electron chi connectivity index (χ3n) is 2.24. The number of carbonyl (C=O) groups is 1. The average molecular weight is 289 g/mol. The highest BCUT2D eigenvalue weighted by Crippen LogP contribution is 2.24. The number of Topliss-reactive ketones (excluding diaryl/α,β-unsaturated/α-hetero) is 1. The van der Waals surface area contributed by atoms with Crippen LogP contribution in [0.15, 0.2) is 29.6 Å². The molecular weight excluding hydrogens is 282 g/mol. The highest BCUT2D eigenvalue weighted by Gasteiger charge is 2.14. The molecular formula is C12H7Cl2FOS. The van der Waals surface area contributed by atoms with E-state index in [2.05, 4.69) is 0 Å². The molecule has 1 aromatic carbocycles. The van der Waals surface area contributed by atoms with E-state index in [1.54, 1.807) is 17.5 Å². The van der Waals surface area contributed by atoms with Gasteiger partial charge in [-0.3, -0.25) is 4.79 Å². The van der Waals surface area contributed by atoms with Crippen molar-refractivity contribution in [1.29, 1.82) is 0 Å². The fraction of sp³-hybridized carbons (Fsp3) is 0.0833. The van der Waals surface area contributed by atoms with Gasteiger partial charge in [0.1, 0.15) is 5.82 Å². The van der Waals surface area contributed by atoms with Crippen LogP contribution in [0.5, 0.6) is 0 Å². The number of hydrogen-bond donors (Lipinski definition) is 0. The molecule has 0 unspecified atom stereocenters. The Morgan fingerprint density at radius 2 is 2.06 bits per heavy atom. The van der Waals surface area contributed by atoms with Crippen molar-refractivity contribution in [2.45, 2.75) is 6.42 Å². The number of hydrogen-bond acceptors (Lipinski definition) is 2. The third-order valence-corrected chi connectivity index (χ3v) is 3.85. The Bertz CT molecular complexity index is 565. The van der Waals surface area contributed by atoms with Gasteiger partial charge in [0.05, 0.1) is 9.90 Å². The smallest absolute Gasteiger partial charge is 0.178 e. The Labute approximate surface area is 112 Å². The van der Waals surface area contributed by atoms with Crippen LogP contribution >= 0.6 is 34.5 Å². The van der Waals surface area contributed by atoms with Gasteiger partial charge in [0.15, 0.2) is 5.78 Å². The second-order valence-electron chi connectivity index (χ2n) is 3.43. The second kappa shape index (κ2) is 5.17. The number of rotatable bonds is 3. The number of thiophene rings is 1. The fourth-order valence-electron chi connectivity index (χ4n) is 1.41. The van der Waals surface area contributed by atoms with Crippen molar-refractivity contribution in [3.05, 3.63) is 55.9 Å². The maximum atomic E-state index is 13.5. The molecule has 17 heavy (non-hydrogen) atoms. The average Bonchev–Trinajstić information content (AvgIpc) is 2.68. The molecule has 0 aliphatic rings. The van der Waals surface area contributed by atoms with E-state index in [4.69, 9.17) is 23.2 Å². The lowest BCUT2D eigenvalue weighted by molar-refractivity contribution is 0.0996. The van der Waals surface area contributed by atoms with Gasteiger partial charge in [-0.15, -0.1) is 11.3 Å². The Kier molecular flexibility index (Phi) is 3.82. The Morgan fingerprint density at radius 1 is 1.29 bits per heavy atom. The van der Waals surface area contributed by atoms with Crippen molar-refractivity contribution in [2.24, 2.45) is 0 Å². The summed E-state index contributed by atoms with van der Waals surface area (Å²) in [5.41, 5.74) is 0.323. The molecule has 1 nitrogen and oxygen atoms in total. The molecule has 0 aliphatic heterocycles. The van der Waals surface area contributed by atoms with Crippen LogP contribution in [0.1, 0.15) is 15.2 Å². The molecule has 0 atom stereocenters. The molecule has 0 aliphatic carbocycles. The van der Waals surface area contributed by atoms with Crippen LogP contribution in [0.3, 0.4) is 0 Å². The highest BCUT2D eigenvalue weighted by molar-refractivity contribution is 7.12. The largest absolute Gasteiger partial charge is 0.293 e. The van der Waals surface area contributed by atoms with Gasteiger partial charge in [0.2, 0.25) is 0 Å². The summed E-state index contributed by atoms with van der Waals surface area (Å²) in [5, 5.41) is 2.45. The molecule has 1 aromatic heterocycles. The van der Waals surface area contributed by atoms with Gasteiger partial charge in [-0.2, -0.15) is 0 Å². The first kappa shape index (κ1) is 12.6. The molecule has 1 heterocycles. The molecule has 0 radical (unpaired) electrons. The van der Waals surface area contributed by atoms with Crippen molar-refractivity contribution < 1.29 is 9.18 Å². The van der Waals surface area contributed by atoms with E-state index in [9.17, 15) is 9.18 Å². The van der Waals surface area contributed by atoms with Crippen LogP contribution in [-0.4, -0.2) is 5.78 Å². The molecule has 88 valence electrons. The standard InChI is InChI=1S/C12H7Cl2FOS/c13-8-2-1-7(10(15)6-8)5-11(16)12-9(14)3-4-17-12/h1-4,6H,5H2. The van der Waals surface area contributed by atoms with E-state index < -0.39 is 5.82 Å². The number of carbonyl (C=O) groups excluding carboxylic acids is 1. The van der Waals surface area contributed by atoms with Crippen LogP contribution in [0, 0.1) is 5.82 Å². The first-order chi connectivity index (χ1) is 8.08. The van der Waals surface area contributed by atoms with E-state index in [1.165, 1.54) is 23.5 Å². The predicted octanol–water partition coefficient (Wildman–Crippen LogP) is 4.62. The van der Waals surface area contributed by atoms with Gasteiger partial charge in [0, 0.05) is 11.4 Å². The van der Waals surface area contributed by atoms with Gasteiger partial charge >= 0.3 is 0 Å². The lowest BCUT2D eigenvalue weighted by atomic mass is 10.1. The normalized spacial score (nSPS) is 10.5. The summed E-state index contributed by atoms with van der Waals surface area (Å²) in [7, 11) is 0. The summed E-state index contributed by atoms with van der Waals surface area (Å²) < 4.78 is 13.5. The van der Waals surface area contributed by atoms with Crippen LogP contribution in [0.4, 0.5) is 4.39 Å². The van der Waals surface area contributed by atoms with E-state index in [-0.39, 0.29) is 12.2 Å². The van der Waals surface area contributed by atoms with Crippen LogP contribution in [-0.2, 0) is 6.42 Å². The highest BCUT2D eigenvalue weighted by atomic mass is 35.5. The quantitative estimate of drug-likeness (QED) is 0.753. The minimum absolute atomic E-state index is 0.0107. The molecule has 0 N–H and O–H groups in total. The molecule has 0 saturated carbocycles. The first-order valence-corrected chi connectivity index (χ1v) is 6.41. The van der Waals surface area contributed by atoms with Gasteiger partial charge in [-0.1, -0.05) is 29.3 Å². The minimum atomic E-state index is -0.474. The van der Waals surface area contributed by atoms with Gasteiger partial charge < -0.3 is 0 Å². The van der Waals surface area contributed by atoms with Gasteiger partial charge in [-0.25, -0.2) is 4.39 Å². The summed E-state index contributed by atoms with van der Waals surface area (Å²) in [6, 6.07) is 5.91. The summed E-state index contributed by atoms with van der Waals surface area (Å²) >= 11 is 12.7. The lowest BCUT2D eigenvalue weighted by Gasteiger charge is -2.02. The summed E-state index contributed by atoms with van der Waals surface area (Å²) in [6.07, 6.45) is -0.0107. The summed E-state index contributed by atoms with van der Waals surface area (Å²) in [6.45, 7) is 0. The zero-order chi connectivity index (χ0) is 12.4. The van der Waals surface area contributed by atoms with Crippen molar-refractivity contribution in [2.75, 3.05) is 0 Å². The maximum Gasteiger partial charge on any atom is 0.178 e. The molecule has 0 bridgehead atoms. The second-order valence-corrected chi connectivity index (χ2v) is 5.19. The van der Waals surface area contributed by atoms with Crippen molar-refractivity contribution in [3.63, 3.8) is 0 Å². The van der Waals surface area contributed by atoms with Crippen molar-refractivity contribution in [1.82, 2.24) is 0 Å². The molecule has 2 aromatic rings. The third kappa shape index (κ3) is 2.86. The maximum absolute atomic E-state index is 13.5. The Hall–Kier alpha value is -0.900. The molecule has 0 amide bonds. The summed E-state index contributed by atoms with van der Waals surface area (Å²) in [5.74, 6) is -0.662. The topological polar surface area (TPSA) is 17.1 Å². The van der Waals surface area contributed by atoms with E-state index in [1.807, 2.05) is 0 Å². The van der Waals surface area contributed by atoms with Gasteiger partial charge in [0.25, 0.3) is 0 Å². The minimum Gasteiger partial charge on any atom is -0.293 e. The SMILES string of the molecule is O=C(Cc1ccc(Cl)cc1F)c1sccc1Cl. The predicted molar refractivity (Wildman–Crippen MR) is 68.8 cm³/mol. The fourth-order valence-corrected chi connectivity index (χ4v) is 2.67. The number of ketones is 1. The molecule has 0 fully saturated rings. The molecule has 0 saturated heterocycles. The lowest BCUT2D eigenvalue weighted by Crippen LogP contribution is -2.03. The van der Waals surface area contributed by atoms with Gasteiger partial charge in [-0.05, 0) is 29.1 Å². The monoisotopic (exact) mass is 288 g/mol. The van der Waals surface area contributed by atoms with E-state index in [0.717, 1.165) is 0 Å². The van der Waals surface area contributed by atoms with E-state index >= 15 is 0 Å². The number of halogens is 3. The Balaban J connectivity index is 2.22. The van der Waals surface area contributed by atoms with Crippen LogP contribution in [0.25, 0.3) is 0 Å². The first-order valence-electron chi connectivity index (χ1n) is 4.78. The van der Waals surface area contributed by atoms with E-state index in [0.29, 0.717) is 20.5 Å². The summed E-state index contributed by atoms with van der Waals surface area (Å²) in [4.78, 5) is 12.3. The Morgan fingerprint density at radius 3 is 2.65 bits per heavy atom. The van der Waals surface area contributed by atoms with Crippen molar-refractivity contribution in [3.8, 4) is 0 Å². The van der Waals surface area contributed by atoms with Crippen LogP contribution in [0.2, 0.25) is 10.0 Å². The zero-order valence-electron chi connectivity index (χ0n) is 8.54. The zero-order valence-corrected chi connectivity index (χ0v) is 10.9. The molecule has 5 heteroatoms. The molecule has 2 rings (SSSR count). The van der Waals surface area contributed by atoms with Crippen LogP contribution < -0.4 is 0 Å². The molecule has 0 spiro atoms. The van der Waals surface area contributed by atoms with Crippen molar-refractivity contribution >= 4 is 40.3 Å². The number of benzene rings is 1.